The summed E-state index contributed by atoms with van der Waals surface area (Å²) >= 11 is 12.6. The van der Waals surface area contributed by atoms with Crippen molar-refractivity contribution >= 4 is 34.2 Å². The summed E-state index contributed by atoms with van der Waals surface area (Å²) in [7, 11) is 0. The summed E-state index contributed by atoms with van der Waals surface area (Å²) < 4.78 is 2.24. The van der Waals surface area contributed by atoms with Crippen LogP contribution in [0.2, 0.25) is 5.02 Å². The van der Waals surface area contributed by atoms with Crippen molar-refractivity contribution in [2.75, 3.05) is 13.1 Å². The molecule has 1 aliphatic heterocycles. The third kappa shape index (κ3) is 2.92. The van der Waals surface area contributed by atoms with Gasteiger partial charge in [-0.1, -0.05) is 17.7 Å². The summed E-state index contributed by atoms with van der Waals surface area (Å²) in [5.74, 6) is 0.908. The first kappa shape index (κ1) is 15.1. The highest BCUT2D eigenvalue weighted by Crippen LogP contribution is 2.29. The maximum absolute atomic E-state index is 6.34. The molecule has 0 amide bonds. The number of aromatic nitrogens is 2. The minimum absolute atomic E-state index is 0.126. The molecule has 1 aromatic carbocycles. The quantitative estimate of drug-likeness (QED) is 0.773. The van der Waals surface area contributed by atoms with E-state index in [1.54, 1.807) is 0 Å². The molecule has 2 atom stereocenters. The zero-order valence-electron chi connectivity index (χ0n) is 12.5. The van der Waals surface area contributed by atoms with Crippen molar-refractivity contribution < 1.29 is 0 Å². The van der Waals surface area contributed by atoms with Crippen molar-refractivity contribution in [1.29, 1.82) is 0 Å². The highest BCUT2D eigenvalue weighted by Gasteiger charge is 2.22. The molecule has 21 heavy (non-hydrogen) atoms. The first-order valence-corrected chi connectivity index (χ1v) is 8.42. The lowest BCUT2D eigenvalue weighted by Gasteiger charge is -2.25. The summed E-state index contributed by atoms with van der Waals surface area (Å²) in [4.78, 5) is 7.21. The largest absolute Gasteiger partial charge is 0.325 e. The Balaban J connectivity index is 1.99. The molecule has 2 unspecified atom stereocenters. The van der Waals surface area contributed by atoms with Crippen LogP contribution in [-0.4, -0.2) is 33.6 Å². The average Bonchev–Trinajstić information content (AvgIpc) is 3.07. The van der Waals surface area contributed by atoms with Crippen molar-refractivity contribution in [2.45, 2.75) is 44.7 Å². The number of benzene rings is 1. The Kier molecular flexibility index (Phi) is 4.43. The Morgan fingerprint density at radius 3 is 2.62 bits per heavy atom. The molecule has 0 saturated carbocycles. The minimum atomic E-state index is -0.126. The van der Waals surface area contributed by atoms with E-state index in [0.717, 1.165) is 23.4 Å². The Hall–Kier alpha value is -0.770. The van der Waals surface area contributed by atoms with Gasteiger partial charge in [-0.25, -0.2) is 4.98 Å². The summed E-state index contributed by atoms with van der Waals surface area (Å²) in [6.45, 7) is 7.54. The Bertz CT molecular complexity index is 630. The zero-order valence-corrected chi connectivity index (χ0v) is 14.0. The smallest absolute Gasteiger partial charge is 0.127 e. The predicted octanol–water partition coefficient (Wildman–Crippen LogP) is 4.47. The van der Waals surface area contributed by atoms with Gasteiger partial charge in [0, 0.05) is 12.6 Å². The van der Waals surface area contributed by atoms with E-state index in [-0.39, 0.29) is 5.38 Å². The molecule has 2 heterocycles. The molecule has 0 N–H and O–H groups in total. The van der Waals surface area contributed by atoms with Crippen LogP contribution in [0.3, 0.4) is 0 Å². The number of halogens is 2. The predicted molar refractivity (Wildman–Crippen MR) is 89.3 cm³/mol. The molecular weight excluding hydrogens is 305 g/mol. The third-order valence-corrected chi connectivity index (χ3v) is 4.83. The fraction of sp³-hybridized carbons (Fsp3) is 0.562. The van der Waals surface area contributed by atoms with E-state index >= 15 is 0 Å². The van der Waals surface area contributed by atoms with Gasteiger partial charge in [-0.2, -0.15) is 0 Å². The van der Waals surface area contributed by atoms with Crippen molar-refractivity contribution in [2.24, 2.45) is 0 Å². The van der Waals surface area contributed by atoms with E-state index < -0.39 is 0 Å². The van der Waals surface area contributed by atoms with E-state index in [0.29, 0.717) is 11.1 Å². The molecule has 1 saturated heterocycles. The van der Waals surface area contributed by atoms with Crippen LogP contribution in [0.4, 0.5) is 0 Å². The van der Waals surface area contributed by atoms with Crippen molar-refractivity contribution in [1.82, 2.24) is 14.5 Å². The van der Waals surface area contributed by atoms with E-state index in [4.69, 9.17) is 23.2 Å². The molecule has 0 spiro atoms. The number of likely N-dealkylation sites (tertiary alicyclic amines) is 1. The molecule has 2 aromatic rings. The van der Waals surface area contributed by atoms with Crippen molar-refractivity contribution in [3.05, 3.63) is 29.0 Å². The van der Waals surface area contributed by atoms with E-state index in [2.05, 4.69) is 27.4 Å². The van der Waals surface area contributed by atoms with Crippen LogP contribution < -0.4 is 0 Å². The third-order valence-electron chi connectivity index (χ3n) is 4.33. The van der Waals surface area contributed by atoms with E-state index in [1.165, 1.54) is 25.9 Å². The van der Waals surface area contributed by atoms with Gasteiger partial charge in [0.05, 0.1) is 15.9 Å². The number of fused-ring (bicyclic) bond motifs is 1. The summed E-state index contributed by atoms with van der Waals surface area (Å²) in [6, 6.07) is 6.42. The molecule has 1 aliphatic rings. The lowest BCUT2D eigenvalue weighted by molar-refractivity contribution is 0.236. The van der Waals surface area contributed by atoms with Crippen LogP contribution in [0.5, 0.6) is 0 Å². The molecule has 3 rings (SSSR count). The van der Waals surface area contributed by atoms with Crippen LogP contribution in [0, 0.1) is 0 Å². The van der Waals surface area contributed by atoms with Crippen LogP contribution >= 0.6 is 23.2 Å². The second kappa shape index (κ2) is 6.15. The first-order chi connectivity index (χ1) is 10.1. The van der Waals surface area contributed by atoms with Crippen LogP contribution in [0.15, 0.2) is 18.2 Å². The fourth-order valence-electron chi connectivity index (χ4n) is 3.19. The van der Waals surface area contributed by atoms with Gasteiger partial charge in [0.25, 0.3) is 0 Å². The zero-order chi connectivity index (χ0) is 15.0. The molecule has 5 heteroatoms. The molecule has 1 aromatic heterocycles. The number of imidazole rings is 1. The molecular formula is C16H21Cl2N3. The lowest BCUT2D eigenvalue weighted by Crippen LogP contribution is -2.34. The molecule has 0 bridgehead atoms. The second-order valence-electron chi connectivity index (χ2n) is 5.90. The van der Waals surface area contributed by atoms with Crippen molar-refractivity contribution in [3.63, 3.8) is 0 Å². The van der Waals surface area contributed by atoms with Gasteiger partial charge in [-0.05, 0) is 51.9 Å². The SMILES string of the molecule is CC(Cl)c1nc2c(Cl)cccc2n1CC(C)N1CCCC1. The Morgan fingerprint density at radius 1 is 1.24 bits per heavy atom. The highest BCUT2D eigenvalue weighted by molar-refractivity contribution is 6.35. The molecule has 114 valence electrons. The number of rotatable bonds is 4. The average molecular weight is 326 g/mol. The van der Waals surface area contributed by atoms with Crippen LogP contribution in [-0.2, 0) is 6.54 Å². The monoisotopic (exact) mass is 325 g/mol. The Morgan fingerprint density at radius 2 is 1.95 bits per heavy atom. The van der Waals surface area contributed by atoms with Gasteiger partial charge in [-0.3, -0.25) is 4.90 Å². The van der Waals surface area contributed by atoms with Crippen molar-refractivity contribution in [3.8, 4) is 0 Å². The Labute approximate surface area is 135 Å². The van der Waals surface area contributed by atoms with Crippen LogP contribution in [0.25, 0.3) is 11.0 Å². The molecule has 3 nitrogen and oxygen atoms in total. The summed E-state index contributed by atoms with van der Waals surface area (Å²) in [5.41, 5.74) is 1.94. The summed E-state index contributed by atoms with van der Waals surface area (Å²) in [6.07, 6.45) is 2.61. The second-order valence-corrected chi connectivity index (χ2v) is 6.96. The number of nitrogens with zero attached hydrogens (tertiary/aromatic N) is 3. The maximum atomic E-state index is 6.34. The number of hydrogen-bond donors (Lipinski definition) is 0. The lowest BCUT2D eigenvalue weighted by atomic mass is 10.2. The molecule has 1 fully saturated rings. The van der Waals surface area contributed by atoms with Crippen LogP contribution in [0.1, 0.15) is 37.9 Å². The van der Waals surface area contributed by atoms with Gasteiger partial charge >= 0.3 is 0 Å². The topological polar surface area (TPSA) is 21.1 Å². The maximum Gasteiger partial charge on any atom is 0.127 e. The van der Waals surface area contributed by atoms with Gasteiger partial charge in [0.1, 0.15) is 11.3 Å². The van der Waals surface area contributed by atoms with E-state index in [1.807, 2.05) is 19.1 Å². The first-order valence-electron chi connectivity index (χ1n) is 7.60. The van der Waals surface area contributed by atoms with Gasteiger partial charge in [-0.15, -0.1) is 11.6 Å². The number of alkyl halides is 1. The van der Waals surface area contributed by atoms with E-state index in [9.17, 15) is 0 Å². The molecule has 0 aliphatic carbocycles. The standard InChI is InChI=1S/C16H21Cl2N3/c1-11(20-8-3-4-9-20)10-21-14-7-5-6-13(18)15(14)19-16(21)12(2)17/h5-7,11-12H,3-4,8-10H2,1-2H3. The van der Waals surface area contributed by atoms with Gasteiger partial charge < -0.3 is 4.57 Å². The summed E-state index contributed by atoms with van der Waals surface area (Å²) in [5, 5.41) is 0.567. The number of para-hydroxylation sites is 1. The normalized spacial score (nSPS) is 19.2. The number of hydrogen-bond acceptors (Lipinski definition) is 2. The van der Waals surface area contributed by atoms with Gasteiger partial charge in [0.2, 0.25) is 0 Å². The molecule has 0 radical (unpaired) electrons. The minimum Gasteiger partial charge on any atom is -0.325 e. The highest BCUT2D eigenvalue weighted by atomic mass is 35.5. The fourth-order valence-corrected chi connectivity index (χ4v) is 3.57. The van der Waals surface area contributed by atoms with Gasteiger partial charge in [0.15, 0.2) is 0 Å².